The molecule has 3 aromatic carbocycles. The van der Waals surface area contributed by atoms with Crippen LogP contribution in [0.2, 0.25) is 0 Å². The zero-order valence-corrected chi connectivity index (χ0v) is 20.2. The van der Waals surface area contributed by atoms with Gasteiger partial charge in [0.15, 0.2) is 0 Å². The van der Waals surface area contributed by atoms with Crippen molar-refractivity contribution in [1.82, 2.24) is 9.80 Å². The number of carbonyl (C=O) groups excluding carboxylic acids is 1. The molecule has 0 unspecified atom stereocenters. The molecule has 3 aromatic rings. The van der Waals surface area contributed by atoms with Gasteiger partial charge in [0, 0.05) is 32.2 Å². The molecule has 178 valence electrons. The van der Waals surface area contributed by atoms with Gasteiger partial charge in [-0.05, 0) is 48.8 Å². The largest absolute Gasteiger partial charge is 0.448 e. The third-order valence-electron chi connectivity index (χ3n) is 6.77. The SMILES string of the molecule is C[C@@H](COC(=O)N1CCC(Cc2ccccc2)CC1)N(Cc1ccccc1)Cc1ccccc1. The highest BCUT2D eigenvalue weighted by Gasteiger charge is 2.25. The quantitative estimate of drug-likeness (QED) is 0.386. The lowest BCUT2D eigenvalue weighted by Crippen LogP contribution is -2.42. The van der Waals surface area contributed by atoms with Gasteiger partial charge in [-0.3, -0.25) is 4.90 Å². The average molecular weight is 457 g/mol. The molecular formula is C30H36N2O2. The number of benzene rings is 3. The number of piperidine rings is 1. The lowest BCUT2D eigenvalue weighted by molar-refractivity contribution is 0.0562. The van der Waals surface area contributed by atoms with E-state index in [4.69, 9.17) is 4.74 Å². The molecule has 0 aliphatic carbocycles. The van der Waals surface area contributed by atoms with E-state index >= 15 is 0 Å². The zero-order valence-electron chi connectivity index (χ0n) is 20.2. The van der Waals surface area contributed by atoms with Crippen LogP contribution in [0, 0.1) is 5.92 Å². The number of rotatable bonds is 9. The summed E-state index contributed by atoms with van der Waals surface area (Å²) in [5.74, 6) is 0.637. The average Bonchev–Trinajstić information content (AvgIpc) is 2.89. The molecule has 34 heavy (non-hydrogen) atoms. The van der Waals surface area contributed by atoms with Gasteiger partial charge >= 0.3 is 6.09 Å². The predicted octanol–water partition coefficient (Wildman–Crippen LogP) is 6.17. The topological polar surface area (TPSA) is 32.8 Å². The van der Waals surface area contributed by atoms with Crippen LogP contribution >= 0.6 is 0 Å². The van der Waals surface area contributed by atoms with E-state index in [0.717, 1.165) is 45.4 Å². The number of hydrogen-bond acceptors (Lipinski definition) is 3. The summed E-state index contributed by atoms with van der Waals surface area (Å²) in [5.41, 5.74) is 3.91. The third kappa shape index (κ3) is 7.19. The summed E-state index contributed by atoms with van der Waals surface area (Å²) < 4.78 is 5.80. The Hall–Kier alpha value is -3.11. The standard InChI is InChI=1S/C30H36N2O2/c1-25(32(22-28-13-7-3-8-14-28)23-29-15-9-4-10-16-29)24-34-30(33)31-19-17-27(18-20-31)21-26-11-5-2-6-12-26/h2-16,25,27H,17-24H2,1H3/t25-/m0/s1. The van der Waals surface area contributed by atoms with Crippen molar-refractivity contribution in [2.45, 2.75) is 45.3 Å². The van der Waals surface area contributed by atoms with Crippen LogP contribution in [-0.2, 0) is 24.2 Å². The molecular weight excluding hydrogens is 420 g/mol. The molecule has 0 N–H and O–H groups in total. The predicted molar refractivity (Wildman–Crippen MR) is 137 cm³/mol. The van der Waals surface area contributed by atoms with E-state index in [1.807, 2.05) is 17.0 Å². The maximum Gasteiger partial charge on any atom is 0.409 e. The molecule has 1 saturated heterocycles. The molecule has 0 saturated carbocycles. The van der Waals surface area contributed by atoms with Crippen molar-refractivity contribution in [1.29, 1.82) is 0 Å². The molecule has 1 aliphatic heterocycles. The lowest BCUT2D eigenvalue weighted by Gasteiger charge is -2.33. The van der Waals surface area contributed by atoms with Crippen LogP contribution in [0.25, 0.3) is 0 Å². The highest BCUT2D eigenvalue weighted by atomic mass is 16.6. The van der Waals surface area contributed by atoms with E-state index < -0.39 is 0 Å². The van der Waals surface area contributed by atoms with Crippen LogP contribution in [0.1, 0.15) is 36.5 Å². The number of hydrogen-bond donors (Lipinski definition) is 0. The molecule has 1 heterocycles. The first kappa shape index (κ1) is 24.0. The second-order valence-electron chi connectivity index (χ2n) is 9.42. The fourth-order valence-corrected chi connectivity index (χ4v) is 4.66. The van der Waals surface area contributed by atoms with Crippen molar-refractivity contribution >= 4 is 6.09 Å². The summed E-state index contributed by atoms with van der Waals surface area (Å²) in [4.78, 5) is 17.1. The Kier molecular flexibility index (Phi) is 8.75. The van der Waals surface area contributed by atoms with E-state index in [1.165, 1.54) is 16.7 Å². The van der Waals surface area contributed by atoms with Gasteiger partial charge in [-0.15, -0.1) is 0 Å². The minimum Gasteiger partial charge on any atom is -0.448 e. The smallest absolute Gasteiger partial charge is 0.409 e. The minimum absolute atomic E-state index is 0.111. The Morgan fingerprint density at radius 1 is 0.824 bits per heavy atom. The lowest BCUT2D eigenvalue weighted by atomic mass is 9.90. The van der Waals surface area contributed by atoms with Crippen molar-refractivity contribution in [3.63, 3.8) is 0 Å². The first-order valence-corrected chi connectivity index (χ1v) is 12.4. The third-order valence-corrected chi connectivity index (χ3v) is 6.77. The number of amides is 1. The number of ether oxygens (including phenoxy) is 1. The van der Waals surface area contributed by atoms with Crippen molar-refractivity contribution in [3.8, 4) is 0 Å². The van der Waals surface area contributed by atoms with Gasteiger partial charge in [0.05, 0.1) is 0 Å². The van der Waals surface area contributed by atoms with Crippen LogP contribution in [0.3, 0.4) is 0 Å². The van der Waals surface area contributed by atoms with E-state index in [2.05, 4.69) is 90.7 Å². The van der Waals surface area contributed by atoms with E-state index in [-0.39, 0.29) is 12.1 Å². The van der Waals surface area contributed by atoms with Gasteiger partial charge in [0.25, 0.3) is 0 Å². The van der Waals surface area contributed by atoms with Crippen LogP contribution < -0.4 is 0 Å². The van der Waals surface area contributed by atoms with Gasteiger partial charge in [-0.1, -0.05) is 91.0 Å². The van der Waals surface area contributed by atoms with E-state index in [9.17, 15) is 4.79 Å². The summed E-state index contributed by atoms with van der Waals surface area (Å²) in [7, 11) is 0. The van der Waals surface area contributed by atoms with Crippen molar-refractivity contribution < 1.29 is 9.53 Å². The molecule has 1 aliphatic rings. The van der Waals surface area contributed by atoms with Gasteiger partial charge in [0.1, 0.15) is 6.61 Å². The van der Waals surface area contributed by atoms with Crippen molar-refractivity contribution in [2.24, 2.45) is 5.92 Å². The summed E-state index contributed by atoms with van der Waals surface area (Å²) in [6, 6.07) is 31.7. The highest BCUT2D eigenvalue weighted by molar-refractivity contribution is 5.67. The second kappa shape index (κ2) is 12.4. The molecule has 0 aromatic heterocycles. The molecule has 0 spiro atoms. The fraction of sp³-hybridized carbons (Fsp3) is 0.367. The first-order valence-electron chi connectivity index (χ1n) is 12.4. The Bertz CT molecular complexity index is 945. The molecule has 1 amide bonds. The van der Waals surface area contributed by atoms with Crippen LogP contribution in [-0.4, -0.2) is 41.6 Å². The van der Waals surface area contributed by atoms with Gasteiger partial charge in [-0.2, -0.15) is 0 Å². The summed E-state index contributed by atoms with van der Waals surface area (Å²) in [6.07, 6.45) is 2.99. The molecule has 4 nitrogen and oxygen atoms in total. The number of likely N-dealkylation sites (tertiary alicyclic amines) is 1. The van der Waals surface area contributed by atoms with E-state index in [1.54, 1.807) is 0 Å². The molecule has 1 atom stereocenters. The Balaban J connectivity index is 1.27. The molecule has 4 heteroatoms. The van der Waals surface area contributed by atoms with Crippen molar-refractivity contribution in [3.05, 3.63) is 108 Å². The maximum atomic E-state index is 12.8. The van der Waals surface area contributed by atoms with Crippen LogP contribution in [0.5, 0.6) is 0 Å². The minimum atomic E-state index is -0.176. The van der Waals surface area contributed by atoms with Gasteiger partial charge < -0.3 is 9.64 Å². The maximum absolute atomic E-state index is 12.8. The summed E-state index contributed by atoms with van der Waals surface area (Å²) in [5, 5.41) is 0. The molecule has 0 bridgehead atoms. The Morgan fingerprint density at radius 2 is 1.29 bits per heavy atom. The Morgan fingerprint density at radius 3 is 1.79 bits per heavy atom. The highest BCUT2D eigenvalue weighted by Crippen LogP contribution is 2.22. The Labute approximate surface area is 204 Å². The van der Waals surface area contributed by atoms with Crippen LogP contribution in [0.15, 0.2) is 91.0 Å². The van der Waals surface area contributed by atoms with E-state index in [0.29, 0.717) is 12.5 Å². The van der Waals surface area contributed by atoms with Crippen molar-refractivity contribution in [2.75, 3.05) is 19.7 Å². The van der Waals surface area contributed by atoms with Crippen LogP contribution in [0.4, 0.5) is 4.79 Å². The number of nitrogens with zero attached hydrogens (tertiary/aromatic N) is 2. The number of carbonyl (C=O) groups is 1. The zero-order chi connectivity index (χ0) is 23.6. The van der Waals surface area contributed by atoms with Gasteiger partial charge in [0.2, 0.25) is 0 Å². The summed E-state index contributed by atoms with van der Waals surface area (Å²) in [6.45, 7) is 5.73. The molecule has 0 radical (unpaired) electrons. The fourth-order valence-electron chi connectivity index (χ4n) is 4.66. The monoisotopic (exact) mass is 456 g/mol. The second-order valence-corrected chi connectivity index (χ2v) is 9.42. The molecule has 4 rings (SSSR count). The normalized spacial score (nSPS) is 15.3. The summed E-state index contributed by atoms with van der Waals surface area (Å²) >= 11 is 0. The molecule has 1 fully saturated rings. The van der Waals surface area contributed by atoms with Gasteiger partial charge in [-0.25, -0.2) is 4.79 Å². The first-order chi connectivity index (χ1) is 16.7.